The zero-order valence-electron chi connectivity index (χ0n) is 18.5. The highest BCUT2D eigenvalue weighted by molar-refractivity contribution is 7.11. The van der Waals surface area contributed by atoms with Gasteiger partial charge in [0.15, 0.2) is 5.54 Å². The summed E-state index contributed by atoms with van der Waals surface area (Å²) in [6.07, 6.45) is 5.16. The van der Waals surface area contributed by atoms with Crippen LogP contribution in [-0.4, -0.2) is 59.1 Å². The monoisotopic (exact) mass is 454 g/mol. The fraction of sp³-hybridized carbons (Fsp3) is 0.542. The minimum atomic E-state index is -1.09. The van der Waals surface area contributed by atoms with Crippen molar-refractivity contribution < 1.29 is 14.3 Å². The number of nitrogens with zero attached hydrogens (tertiary/aromatic N) is 3. The van der Waals surface area contributed by atoms with Crippen LogP contribution in [0.25, 0.3) is 0 Å². The van der Waals surface area contributed by atoms with Crippen LogP contribution in [0, 0.1) is 12.8 Å². The largest absolute Gasteiger partial charge is 0.376 e. The number of aromatic nitrogens is 1. The quantitative estimate of drug-likeness (QED) is 0.678. The molecule has 1 N–H and O–H groups in total. The number of piperidine rings is 1. The van der Waals surface area contributed by atoms with Crippen LogP contribution in [-0.2, 0) is 21.6 Å². The van der Waals surface area contributed by atoms with E-state index < -0.39 is 5.54 Å². The number of pyridine rings is 1. The number of urea groups is 1. The summed E-state index contributed by atoms with van der Waals surface area (Å²) in [4.78, 5) is 37.9. The van der Waals surface area contributed by atoms with Crippen LogP contribution in [0.15, 0.2) is 36.5 Å². The maximum Gasteiger partial charge on any atom is 0.325 e. The summed E-state index contributed by atoms with van der Waals surface area (Å²) in [7, 11) is 0. The number of rotatable bonds is 6. The van der Waals surface area contributed by atoms with Gasteiger partial charge in [-0.25, -0.2) is 4.79 Å². The summed E-state index contributed by atoms with van der Waals surface area (Å²) in [5.74, 6) is -0.173. The van der Waals surface area contributed by atoms with Crippen molar-refractivity contribution in [1.82, 2.24) is 20.1 Å². The Hall–Kier alpha value is -2.29. The molecule has 8 heteroatoms. The third-order valence-corrected chi connectivity index (χ3v) is 7.97. The van der Waals surface area contributed by atoms with Crippen molar-refractivity contribution in [2.24, 2.45) is 5.92 Å². The molecule has 5 heterocycles. The summed E-state index contributed by atoms with van der Waals surface area (Å²) in [5, 5.41) is 3.10. The van der Waals surface area contributed by atoms with E-state index in [1.54, 1.807) is 6.20 Å². The van der Waals surface area contributed by atoms with Gasteiger partial charge in [-0.1, -0.05) is 6.07 Å². The number of likely N-dealkylation sites (tertiary alicyclic amines) is 1. The fourth-order valence-electron chi connectivity index (χ4n) is 5.32. The Morgan fingerprint density at radius 1 is 1.19 bits per heavy atom. The summed E-state index contributed by atoms with van der Waals surface area (Å²) in [6, 6.07) is 9.64. The normalized spacial score (nSPS) is 27.3. The van der Waals surface area contributed by atoms with E-state index in [0.29, 0.717) is 18.8 Å². The number of carbonyl (C=O) groups excluding carboxylic acids is 2. The van der Waals surface area contributed by atoms with Gasteiger partial charge >= 0.3 is 6.03 Å². The van der Waals surface area contributed by atoms with Crippen molar-refractivity contribution in [3.05, 3.63) is 52.0 Å². The molecular formula is C24H30N4O3S. The van der Waals surface area contributed by atoms with E-state index in [-0.39, 0.29) is 24.0 Å². The van der Waals surface area contributed by atoms with E-state index in [9.17, 15) is 9.59 Å². The Labute approximate surface area is 192 Å². The number of amides is 3. The van der Waals surface area contributed by atoms with E-state index in [4.69, 9.17) is 4.74 Å². The molecule has 3 aliphatic heterocycles. The van der Waals surface area contributed by atoms with Crippen LogP contribution in [0.3, 0.4) is 0 Å². The Bertz CT molecular complexity index is 967. The molecule has 0 saturated carbocycles. The predicted molar refractivity (Wildman–Crippen MR) is 122 cm³/mol. The first kappa shape index (κ1) is 21.6. The standard InChI is InChI=1S/C24H30N4O3S/c1-17-7-8-20(32-17)16-27-12-9-18(10-13-27)24(21-6-2-3-11-25-21)22(29)28(23(30)26-24)15-19-5-4-14-31-19/h2-3,6-8,11,18-19H,4-5,9-10,12-16H2,1H3,(H,26,30)/t19-,24+/m0/s1. The molecule has 0 radical (unpaired) electrons. The number of hydrogen-bond acceptors (Lipinski definition) is 6. The maximum absolute atomic E-state index is 13.8. The molecule has 32 heavy (non-hydrogen) atoms. The third-order valence-electron chi connectivity index (χ3n) is 6.99. The lowest BCUT2D eigenvalue weighted by Crippen LogP contribution is -2.54. The van der Waals surface area contributed by atoms with E-state index in [1.807, 2.05) is 29.5 Å². The highest BCUT2D eigenvalue weighted by Crippen LogP contribution is 2.41. The molecule has 7 nitrogen and oxygen atoms in total. The molecular weight excluding hydrogens is 424 g/mol. The van der Waals surface area contributed by atoms with E-state index >= 15 is 0 Å². The molecule has 0 unspecified atom stereocenters. The lowest BCUT2D eigenvalue weighted by Gasteiger charge is -2.40. The molecule has 0 aliphatic carbocycles. The summed E-state index contributed by atoms with van der Waals surface area (Å²) >= 11 is 1.84. The summed E-state index contributed by atoms with van der Waals surface area (Å²) < 4.78 is 5.71. The summed E-state index contributed by atoms with van der Waals surface area (Å²) in [5.41, 5.74) is -0.455. The SMILES string of the molecule is Cc1ccc(CN2CCC([C@]3(c4ccccn4)NC(=O)N(C[C@@H]4CCCO4)C3=O)CC2)s1. The Morgan fingerprint density at radius 2 is 2.03 bits per heavy atom. The molecule has 3 amide bonds. The molecule has 0 aromatic carbocycles. The summed E-state index contributed by atoms with van der Waals surface area (Å²) in [6.45, 7) is 5.87. The molecule has 2 aromatic heterocycles. The average molecular weight is 455 g/mol. The van der Waals surface area contributed by atoms with Crippen LogP contribution in [0.5, 0.6) is 0 Å². The van der Waals surface area contributed by atoms with Gasteiger partial charge in [0, 0.05) is 29.1 Å². The lowest BCUT2D eigenvalue weighted by atomic mass is 9.75. The van der Waals surface area contributed by atoms with Crippen LogP contribution in [0.1, 0.15) is 41.1 Å². The van der Waals surface area contributed by atoms with E-state index in [2.05, 4.69) is 34.3 Å². The third kappa shape index (κ3) is 3.95. The highest BCUT2D eigenvalue weighted by Gasteiger charge is 2.58. The van der Waals surface area contributed by atoms with Gasteiger partial charge in [-0.2, -0.15) is 0 Å². The first-order chi connectivity index (χ1) is 15.6. The molecule has 3 saturated heterocycles. The second-order valence-corrected chi connectivity index (χ2v) is 10.4. The van der Waals surface area contributed by atoms with Gasteiger partial charge in [-0.3, -0.25) is 19.6 Å². The second-order valence-electron chi connectivity index (χ2n) is 9.07. The van der Waals surface area contributed by atoms with Crippen molar-refractivity contribution in [2.75, 3.05) is 26.2 Å². The molecule has 0 spiro atoms. The molecule has 2 atom stereocenters. The minimum Gasteiger partial charge on any atom is -0.376 e. The highest BCUT2D eigenvalue weighted by atomic mass is 32.1. The topological polar surface area (TPSA) is 74.8 Å². The molecule has 2 aromatic rings. The number of thiophene rings is 1. The van der Waals surface area contributed by atoms with Crippen LogP contribution >= 0.6 is 11.3 Å². The molecule has 0 bridgehead atoms. The van der Waals surface area contributed by atoms with Crippen molar-refractivity contribution in [1.29, 1.82) is 0 Å². The first-order valence-electron chi connectivity index (χ1n) is 11.5. The second kappa shape index (κ2) is 8.92. The zero-order chi connectivity index (χ0) is 22.1. The first-order valence-corrected chi connectivity index (χ1v) is 12.3. The van der Waals surface area contributed by atoms with Gasteiger partial charge in [0.2, 0.25) is 0 Å². The van der Waals surface area contributed by atoms with Crippen molar-refractivity contribution >= 4 is 23.3 Å². The maximum atomic E-state index is 13.8. The number of ether oxygens (including phenoxy) is 1. The lowest BCUT2D eigenvalue weighted by molar-refractivity contribution is -0.135. The van der Waals surface area contributed by atoms with Gasteiger partial charge in [-0.15, -0.1) is 11.3 Å². The number of nitrogens with one attached hydrogen (secondary N) is 1. The Balaban J connectivity index is 1.36. The van der Waals surface area contributed by atoms with Crippen molar-refractivity contribution in [3.63, 3.8) is 0 Å². The zero-order valence-corrected chi connectivity index (χ0v) is 19.3. The van der Waals surface area contributed by atoms with Gasteiger partial charge in [0.1, 0.15) is 0 Å². The average Bonchev–Trinajstić information content (AvgIpc) is 3.53. The Morgan fingerprint density at radius 3 is 2.69 bits per heavy atom. The van der Waals surface area contributed by atoms with E-state index in [1.165, 1.54) is 14.7 Å². The number of hydrogen-bond donors (Lipinski definition) is 1. The van der Waals surface area contributed by atoms with Crippen LogP contribution in [0.2, 0.25) is 0 Å². The van der Waals surface area contributed by atoms with Crippen LogP contribution in [0.4, 0.5) is 4.79 Å². The van der Waals surface area contributed by atoms with Gasteiger partial charge < -0.3 is 10.1 Å². The van der Waals surface area contributed by atoms with Crippen LogP contribution < -0.4 is 5.32 Å². The van der Waals surface area contributed by atoms with Gasteiger partial charge in [0.05, 0.1) is 18.3 Å². The molecule has 170 valence electrons. The minimum absolute atomic E-state index is 0.00432. The molecule has 3 fully saturated rings. The van der Waals surface area contributed by atoms with E-state index in [0.717, 1.165) is 45.3 Å². The molecule has 5 rings (SSSR count). The number of aryl methyl sites for hydroxylation is 1. The number of imide groups is 1. The predicted octanol–water partition coefficient (Wildman–Crippen LogP) is 3.29. The number of carbonyl (C=O) groups is 2. The fourth-order valence-corrected chi connectivity index (χ4v) is 6.26. The van der Waals surface area contributed by atoms with Gasteiger partial charge in [0.25, 0.3) is 5.91 Å². The molecule has 3 aliphatic rings. The van der Waals surface area contributed by atoms with Crippen molar-refractivity contribution in [3.8, 4) is 0 Å². The Kier molecular flexibility index (Phi) is 6.01. The smallest absolute Gasteiger partial charge is 0.325 e. The van der Waals surface area contributed by atoms with Crippen molar-refractivity contribution in [2.45, 2.75) is 50.8 Å². The van der Waals surface area contributed by atoms with Gasteiger partial charge in [-0.05, 0) is 75.9 Å².